The van der Waals surface area contributed by atoms with Crippen molar-refractivity contribution in [2.45, 2.75) is 13.2 Å². The molecule has 2 heterocycles. The number of aromatic nitrogens is 2. The Labute approximate surface area is 135 Å². The Morgan fingerprint density at radius 3 is 2.43 bits per heavy atom. The number of hydrogen-bond donors (Lipinski definition) is 1. The van der Waals surface area contributed by atoms with Crippen molar-refractivity contribution in [1.82, 2.24) is 14.9 Å². The molecule has 2 aromatic rings. The van der Waals surface area contributed by atoms with Crippen molar-refractivity contribution in [3.8, 4) is 11.4 Å². The summed E-state index contributed by atoms with van der Waals surface area (Å²) in [6.45, 7) is 1.82. The number of sulfone groups is 1. The maximum Gasteiger partial charge on any atom is 0.159 e. The molecule has 1 aliphatic rings. The van der Waals surface area contributed by atoms with Crippen LogP contribution >= 0.6 is 0 Å². The lowest BCUT2D eigenvalue weighted by atomic mass is 10.1. The maximum absolute atomic E-state index is 11.4. The summed E-state index contributed by atoms with van der Waals surface area (Å²) in [4.78, 5) is 10.7. The fourth-order valence-electron chi connectivity index (χ4n) is 2.55. The zero-order valence-electron chi connectivity index (χ0n) is 12.7. The molecule has 0 bridgehead atoms. The number of aliphatic hydroxyl groups excluding tert-OH is 1. The Balaban J connectivity index is 1.67. The summed E-state index contributed by atoms with van der Waals surface area (Å²) in [6, 6.07) is 9.60. The molecule has 0 radical (unpaired) electrons. The van der Waals surface area contributed by atoms with Crippen molar-refractivity contribution in [3.63, 3.8) is 0 Å². The second-order valence-corrected chi connectivity index (χ2v) is 7.96. The molecular weight excluding hydrogens is 314 g/mol. The molecule has 1 N–H and O–H groups in total. The molecule has 3 rings (SSSR count). The van der Waals surface area contributed by atoms with E-state index in [0.717, 1.165) is 17.7 Å². The largest absolute Gasteiger partial charge is 0.390 e. The van der Waals surface area contributed by atoms with E-state index in [1.54, 1.807) is 12.3 Å². The topological polar surface area (TPSA) is 83.4 Å². The molecule has 1 aliphatic heterocycles. The molecular formula is C16H19N3O3S. The maximum atomic E-state index is 11.4. The summed E-state index contributed by atoms with van der Waals surface area (Å²) in [5.74, 6) is 1.08. The first kappa shape index (κ1) is 16.0. The van der Waals surface area contributed by atoms with Crippen LogP contribution in [-0.4, -0.2) is 53.0 Å². The summed E-state index contributed by atoms with van der Waals surface area (Å²) in [6.07, 6.45) is 1.63. The van der Waals surface area contributed by atoms with Gasteiger partial charge in [-0.3, -0.25) is 4.90 Å². The van der Waals surface area contributed by atoms with Gasteiger partial charge >= 0.3 is 0 Å². The van der Waals surface area contributed by atoms with Crippen LogP contribution in [0, 0.1) is 0 Å². The predicted molar refractivity (Wildman–Crippen MR) is 87.3 cm³/mol. The average Bonchev–Trinajstić information content (AvgIpc) is 2.57. The number of nitrogens with zero attached hydrogens (tertiary/aromatic N) is 3. The van der Waals surface area contributed by atoms with Gasteiger partial charge in [-0.15, -0.1) is 0 Å². The SMILES string of the molecule is O=S1(=O)CCN(Cc2ccc(-c3nccc(CO)n3)cc2)CC1. The van der Waals surface area contributed by atoms with Crippen LogP contribution in [0.15, 0.2) is 36.5 Å². The number of rotatable bonds is 4. The van der Waals surface area contributed by atoms with Gasteiger partial charge < -0.3 is 5.11 Å². The molecule has 1 aromatic heterocycles. The molecule has 1 aromatic carbocycles. The fraction of sp³-hybridized carbons (Fsp3) is 0.375. The molecule has 0 unspecified atom stereocenters. The molecule has 7 heteroatoms. The molecule has 0 amide bonds. The van der Waals surface area contributed by atoms with Gasteiger partial charge in [-0.25, -0.2) is 18.4 Å². The number of benzene rings is 1. The van der Waals surface area contributed by atoms with Gasteiger partial charge in [0.1, 0.15) is 0 Å². The van der Waals surface area contributed by atoms with Crippen molar-refractivity contribution >= 4 is 9.84 Å². The van der Waals surface area contributed by atoms with Gasteiger partial charge in [0.2, 0.25) is 0 Å². The van der Waals surface area contributed by atoms with Crippen LogP contribution in [0.1, 0.15) is 11.3 Å². The van der Waals surface area contributed by atoms with E-state index in [0.29, 0.717) is 24.6 Å². The molecule has 0 atom stereocenters. The molecule has 0 spiro atoms. The second-order valence-electron chi connectivity index (χ2n) is 5.65. The van der Waals surface area contributed by atoms with E-state index >= 15 is 0 Å². The Hall–Kier alpha value is -1.83. The first-order chi connectivity index (χ1) is 11.1. The van der Waals surface area contributed by atoms with Gasteiger partial charge in [0.15, 0.2) is 15.7 Å². The van der Waals surface area contributed by atoms with Crippen LogP contribution in [0.25, 0.3) is 11.4 Å². The van der Waals surface area contributed by atoms with E-state index < -0.39 is 9.84 Å². The number of hydrogen-bond acceptors (Lipinski definition) is 6. The Bertz CT molecular complexity index is 761. The van der Waals surface area contributed by atoms with Crippen molar-refractivity contribution in [1.29, 1.82) is 0 Å². The van der Waals surface area contributed by atoms with Gasteiger partial charge in [0, 0.05) is 31.4 Å². The molecule has 1 fully saturated rings. The van der Waals surface area contributed by atoms with E-state index in [4.69, 9.17) is 5.11 Å². The molecule has 6 nitrogen and oxygen atoms in total. The van der Waals surface area contributed by atoms with E-state index in [-0.39, 0.29) is 18.1 Å². The highest BCUT2D eigenvalue weighted by Gasteiger charge is 2.21. The molecule has 1 saturated heterocycles. The quantitative estimate of drug-likeness (QED) is 0.894. The Kier molecular flexibility index (Phi) is 4.70. The lowest BCUT2D eigenvalue weighted by Gasteiger charge is -2.26. The minimum absolute atomic E-state index is 0.106. The zero-order chi connectivity index (χ0) is 16.3. The monoisotopic (exact) mass is 333 g/mol. The zero-order valence-corrected chi connectivity index (χ0v) is 13.5. The second kappa shape index (κ2) is 6.74. The third-order valence-electron chi connectivity index (χ3n) is 3.93. The number of aliphatic hydroxyl groups is 1. The van der Waals surface area contributed by atoms with Crippen LogP contribution in [0.5, 0.6) is 0 Å². The highest BCUT2D eigenvalue weighted by Crippen LogP contribution is 2.17. The highest BCUT2D eigenvalue weighted by atomic mass is 32.2. The Morgan fingerprint density at radius 1 is 1.09 bits per heavy atom. The molecule has 23 heavy (non-hydrogen) atoms. The van der Waals surface area contributed by atoms with Gasteiger partial charge in [-0.2, -0.15) is 0 Å². The lowest BCUT2D eigenvalue weighted by Crippen LogP contribution is -2.39. The predicted octanol–water partition coefficient (Wildman–Crippen LogP) is 0.866. The summed E-state index contributed by atoms with van der Waals surface area (Å²) in [5.41, 5.74) is 2.62. The molecule has 0 aliphatic carbocycles. The van der Waals surface area contributed by atoms with E-state index in [1.807, 2.05) is 24.3 Å². The van der Waals surface area contributed by atoms with Gasteiger partial charge in [0.25, 0.3) is 0 Å². The smallest absolute Gasteiger partial charge is 0.159 e. The van der Waals surface area contributed by atoms with Gasteiger partial charge in [-0.05, 0) is 11.6 Å². The van der Waals surface area contributed by atoms with Crippen LogP contribution in [0.4, 0.5) is 0 Å². The van der Waals surface area contributed by atoms with Crippen molar-refractivity contribution in [2.75, 3.05) is 24.6 Å². The third kappa shape index (κ3) is 4.13. The van der Waals surface area contributed by atoms with Gasteiger partial charge in [0.05, 0.1) is 23.8 Å². The molecule has 122 valence electrons. The first-order valence-electron chi connectivity index (χ1n) is 7.51. The van der Waals surface area contributed by atoms with Crippen LogP contribution in [-0.2, 0) is 23.0 Å². The summed E-state index contributed by atoms with van der Waals surface area (Å²) < 4.78 is 22.9. The van der Waals surface area contributed by atoms with Crippen LogP contribution < -0.4 is 0 Å². The van der Waals surface area contributed by atoms with Crippen LogP contribution in [0.3, 0.4) is 0 Å². The van der Waals surface area contributed by atoms with Gasteiger partial charge in [-0.1, -0.05) is 24.3 Å². The average molecular weight is 333 g/mol. The van der Waals surface area contributed by atoms with E-state index in [2.05, 4.69) is 14.9 Å². The summed E-state index contributed by atoms with van der Waals surface area (Å²) >= 11 is 0. The lowest BCUT2D eigenvalue weighted by molar-refractivity contribution is 0.277. The third-order valence-corrected chi connectivity index (χ3v) is 5.54. The van der Waals surface area contributed by atoms with E-state index in [1.165, 1.54) is 0 Å². The highest BCUT2D eigenvalue weighted by molar-refractivity contribution is 7.91. The van der Waals surface area contributed by atoms with Crippen molar-refractivity contribution < 1.29 is 13.5 Å². The fourth-order valence-corrected chi connectivity index (χ4v) is 3.83. The van der Waals surface area contributed by atoms with Crippen molar-refractivity contribution in [2.24, 2.45) is 0 Å². The van der Waals surface area contributed by atoms with Crippen LogP contribution in [0.2, 0.25) is 0 Å². The first-order valence-corrected chi connectivity index (χ1v) is 9.33. The standard InChI is InChI=1S/C16H19N3O3S/c20-12-15-5-6-17-16(18-15)14-3-1-13(2-4-14)11-19-7-9-23(21,22)10-8-19/h1-6,20H,7-12H2. The minimum atomic E-state index is -2.84. The Morgan fingerprint density at radius 2 is 1.78 bits per heavy atom. The normalized spacial score (nSPS) is 18.0. The summed E-state index contributed by atoms with van der Waals surface area (Å²) in [7, 11) is -2.84. The van der Waals surface area contributed by atoms with E-state index in [9.17, 15) is 8.42 Å². The molecule has 0 saturated carbocycles. The minimum Gasteiger partial charge on any atom is -0.390 e. The van der Waals surface area contributed by atoms with Crippen molar-refractivity contribution in [3.05, 3.63) is 47.8 Å². The summed E-state index contributed by atoms with van der Waals surface area (Å²) in [5, 5.41) is 9.13.